The molecule has 154 valence electrons. The van der Waals surface area contributed by atoms with E-state index in [4.69, 9.17) is 9.97 Å². The van der Waals surface area contributed by atoms with Crippen molar-refractivity contribution in [1.82, 2.24) is 19.8 Å². The summed E-state index contributed by atoms with van der Waals surface area (Å²) in [4.78, 5) is 25.7. The summed E-state index contributed by atoms with van der Waals surface area (Å²) in [5.41, 5.74) is 3.94. The number of likely N-dealkylation sites (tertiary alicyclic amines) is 1. The predicted octanol–water partition coefficient (Wildman–Crippen LogP) is 3.75. The Morgan fingerprint density at radius 1 is 1.17 bits per heavy atom. The van der Waals surface area contributed by atoms with Gasteiger partial charge in [0, 0.05) is 62.9 Å². The third-order valence-electron chi connectivity index (χ3n) is 6.58. The molecule has 2 aliphatic heterocycles. The molecule has 5 nitrogen and oxygen atoms in total. The molecule has 1 atom stereocenters. The van der Waals surface area contributed by atoms with Gasteiger partial charge in [0.2, 0.25) is 5.91 Å². The molecule has 2 aliphatic rings. The lowest BCUT2D eigenvalue weighted by molar-refractivity contribution is -0.129. The molecule has 1 aromatic heterocycles. The van der Waals surface area contributed by atoms with Crippen LogP contribution in [0.2, 0.25) is 0 Å². The predicted molar refractivity (Wildman–Crippen MR) is 115 cm³/mol. The number of aromatic nitrogens is 2. The number of hydrogen-bond donors (Lipinski definition) is 0. The number of benzene rings is 1. The van der Waals surface area contributed by atoms with E-state index in [9.17, 15) is 4.79 Å². The molecule has 0 bridgehead atoms. The Balaban J connectivity index is 1.32. The maximum absolute atomic E-state index is 11.5. The van der Waals surface area contributed by atoms with Gasteiger partial charge in [-0.2, -0.15) is 0 Å². The van der Waals surface area contributed by atoms with Crippen LogP contribution in [0.4, 0.5) is 0 Å². The van der Waals surface area contributed by atoms with Gasteiger partial charge < -0.3 is 4.90 Å². The van der Waals surface area contributed by atoms with Crippen molar-refractivity contribution in [3.8, 4) is 0 Å². The van der Waals surface area contributed by atoms with E-state index in [1.54, 1.807) is 6.92 Å². The van der Waals surface area contributed by atoms with Crippen molar-refractivity contribution in [2.24, 2.45) is 0 Å². The molecular weight excluding hydrogens is 360 g/mol. The van der Waals surface area contributed by atoms with Crippen LogP contribution < -0.4 is 0 Å². The van der Waals surface area contributed by atoms with Gasteiger partial charge in [-0.3, -0.25) is 9.69 Å². The summed E-state index contributed by atoms with van der Waals surface area (Å²) in [6, 6.07) is 10.8. The van der Waals surface area contributed by atoms with Gasteiger partial charge in [-0.1, -0.05) is 37.3 Å². The third kappa shape index (κ3) is 4.84. The zero-order valence-electron chi connectivity index (χ0n) is 17.7. The minimum absolute atomic E-state index is 0.177. The van der Waals surface area contributed by atoms with Crippen molar-refractivity contribution in [2.45, 2.75) is 57.9 Å². The van der Waals surface area contributed by atoms with Crippen LogP contribution in [0.5, 0.6) is 0 Å². The van der Waals surface area contributed by atoms with Gasteiger partial charge in [0.05, 0.1) is 0 Å². The quantitative estimate of drug-likeness (QED) is 0.777. The molecule has 0 unspecified atom stereocenters. The summed E-state index contributed by atoms with van der Waals surface area (Å²) in [5, 5.41) is 0. The van der Waals surface area contributed by atoms with Gasteiger partial charge in [0.1, 0.15) is 5.82 Å². The second kappa shape index (κ2) is 9.04. The van der Waals surface area contributed by atoms with Crippen LogP contribution in [0, 0.1) is 0 Å². The summed E-state index contributed by atoms with van der Waals surface area (Å²) in [6.45, 7) is 8.78. The Hall–Kier alpha value is -2.27. The lowest BCUT2D eigenvalue weighted by atomic mass is 9.95. The molecule has 0 aliphatic carbocycles. The Labute approximate surface area is 174 Å². The highest BCUT2D eigenvalue weighted by Gasteiger charge is 2.26. The minimum atomic E-state index is 0.177. The molecule has 1 aromatic carbocycles. The molecular formula is C24H32N4O. The van der Waals surface area contributed by atoms with Crippen LogP contribution in [0.3, 0.4) is 0 Å². The average Bonchev–Trinajstić information content (AvgIpc) is 2.77. The van der Waals surface area contributed by atoms with E-state index in [1.807, 2.05) is 4.90 Å². The van der Waals surface area contributed by atoms with Gasteiger partial charge in [0.25, 0.3) is 0 Å². The van der Waals surface area contributed by atoms with E-state index in [0.29, 0.717) is 11.8 Å². The fourth-order valence-corrected chi connectivity index (χ4v) is 4.55. The molecule has 0 N–H and O–H groups in total. The van der Waals surface area contributed by atoms with Crippen molar-refractivity contribution in [1.29, 1.82) is 0 Å². The second-order valence-corrected chi connectivity index (χ2v) is 8.61. The Morgan fingerprint density at radius 3 is 2.66 bits per heavy atom. The largest absolute Gasteiger partial charge is 0.343 e. The van der Waals surface area contributed by atoms with Crippen LogP contribution in [0.25, 0.3) is 0 Å². The molecule has 1 fully saturated rings. The average molecular weight is 393 g/mol. The Morgan fingerprint density at radius 2 is 1.93 bits per heavy atom. The van der Waals surface area contributed by atoms with Gasteiger partial charge in [-0.15, -0.1) is 0 Å². The standard InChI is InChI=1S/C24H32N4O/c1-18(20-6-4-3-5-7-20)8-12-27-13-11-23-22(17-27)16-25-24(26-23)21-9-14-28(15-10-21)19(2)29/h3-7,16,18,21H,8-15,17H2,1-2H3/t18-/m0/s1. The number of hydrogen-bond acceptors (Lipinski definition) is 4. The summed E-state index contributed by atoms with van der Waals surface area (Å²) in [7, 11) is 0. The van der Waals surface area contributed by atoms with Crippen molar-refractivity contribution >= 4 is 5.91 Å². The molecule has 29 heavy (non-hydrogen) atoms. The fraction of sp³-hybridized carbons (Fsp3) is 0.542. The molecule has 5 heteroatoms. The maximum atomic E-state index is 11.5. The highest BCUT2D eigenvalue weighted by Crippen LogP contribution is 2.27. The zero-order chi connectivity index (χ0) is 20.2. The molecule has 1 saturated heterocycles. The first-order chi connectivity index (χ1) is 14.1. The van der Waals surface area contributed by atoms with Gasteiger partial charge in [0.15, 0.2) is 0 Å². The smallest absolute Gasteiger partial charge is 0.219 e. The normalized spacial score (nSPS) is 19.0. The highest BCUT2D eigenvalue weighted by molar-refractivity contribution is 5.73. The monoisotopic (exact) mass is 392 g/mol. The number of rotatable bonds is 5. The summed E-state index contributed by atoms with van der Waals surface area (Å²) in [5.74, 6) is 2.13. The summed E-state index contributed by atoms with van der Waals surface area (Å²) >= 11 is 0. The minimum Gasteiger partial charge on any atom is -0.343 e. The topological polar surface area (TPSA) is 49.3 Å². The van der Waals surface area contributed by atoms with E-state index < -0.39 is 0 Å². The number of carbonyl (C=O) groups is 1. The van der Waals surface area contributed by atoms with Crippen LogP contribution in [0.15, 0.2) is 36.5 Å². The first-order valence-electron chi connectivity index (χ1n) is 11.0. The van der Waals surface area contributed by atoms with Gasteiger partial charge in [-0.25, -0.2) is 9.97 Å². The van der Waals surface area contributed by atoms with Crippen LogP contribution in [0.1, 0.15) is 67.6 Å². The van der Waals surface area contributed by atoms with Crippen LogP contribution in [-0.2, 0) is 17.8 Å². The molecule has 1 amide bonds. The number of fused-ring (bicyclic) bond motifs is 1. The highest BCUT2D eigenvalue weighted by atomic mass is 16.2. The molecule has 4 rings (SSSR count). The van der Waals surface area contributed by atoms with E-state index in [2.05, 4.69) is 48.4 Å². The molecule has 3 heterocycles. The third-order valence-corrected chi connectivity index (χ3v) is 6.58. The molecule has 0 spiro atoms. The first kappa shape index (κ1) is 20.0. The lowest BCUT2D eigenvalue weighted by Gasteiger charge is -2.32. The number of carbonyl (C=O) groups excluding carboxylic acids is 1. The van der Waals surface area contributed by atoms with E-state index >= 15 is 0 Å². The van der Waals surface area contributed by atoms with Crippen molar-refractivity contribution in [3.63, 3.8) is 0 Å². The number of amides is 1. The van der Waals surface area contributed by atoms with Gasteiger partial charge in [-0.05, 0) is 37.3 Å². The van der Waals surface area contributed by atoms with Crippen molar-refractivity contribution in [3.05, 3.63) is 59.2 Å². The van der Waals surface area contributed by atoms with E-state index in [0.717, 1.165) is 57.8 Å². The van der Waals surface area contributed by atoms with Crippen LogP contribution >= 0.6 is 0 Å². The first-order valence-corrected chi connectivity index (χ1v) is 11.0. The number of piperidine rings is 1. The Bertz CT molecular complexity index is 830. The summed E-state index contributed by atoms with van der Waals surface area (Å²) < 4.78 is 0. The van der Waals surface area contributed by atoms with Gasteiger partial charge >= 0.3 is 0 Å². The zero-order valence-corrected chi connectivity index (χ0v) is 17.7. The lowest BCUT2D eigenvalue weighted by Crippen LogP contribution is -2.37. The number of nitrogens with zero attached hydrogens (tertiary/aromatic N) is 4. The SMILES string of the molecule is CC(=O)N1CCC(c2ncc3c(n2)CCN(CC[C@H](C)c2ccccc2)C3)CC1. The van der Waals surface area contributed by atoms with Crippen LogP contribution in [-0.4, -0.2) is 51.9 Å². The van der Waals surface area contributed by atoms with Crippen molar-refractivity contribution in [2.75, 3.05) is 26.2 Å². The Kier molecular flexibility index (Phi) is 6.24. The van der Waals surface area contributed by atoms with E-state index in [1.165, 1.54) is 23.2 Å². The van der Waals surface area contributed by atoms with Crippen molar-refractivity contribution < 1.29 is 4.79 Å². The second-order valence-electron chi connectivity index (χ2n) is 8.61. The molecule has 0 saturated carbocycles. The maximum Gasteiger partial charge on any atom is 0.219 e. The molecule has 2 aromatic rings. The molecule has 0 radical (unpaired) electrons. The summed E-state index contributed by atoms with van der Waals surface area (Å²) in [6.07, 6.45) is 6.19. The fourth-order valence-electron chi connectivity index (χ4n) is 4.55. The van der Waals surface area contributed by atoms with E-state index in [-0.39, 0.29) is 5.91 Å².